The van der Waals surface area contributed by atoms with Crippen LogP contribution in [0.4, 0.5) is 5.95 Å². The minimum Gasteiger partial charge on any atom is -0.324 e. The van der Waals surface area contributed by atoms with E-state index in [1.165, 1.54) is 25.7 Å². The smallest absolute Gasteiger partial charge is 0.231 e. The highest BCUT2D eigenvalue weighted by Gasteiger charge is 2.19. The van der Waals surface area contributed by atoms with Crippen LogP contribution in [0, 0.1) is 0 Å². The van der Waals surface area contributed by atoms with Gasteiger partial charge in [-0.25, -0.2) is 4.98 Å². The minimum atomic E-state index is 0.257. The molecule has 0 aromatic carbocycles. The molecule has 1 saturated carbocycles. The van der Waals surface area contributed by atoms with Crippen molar-refractivity contribution in [1.29, 1.82) is 0 Å². The van der Waals surface area contributed by atoms with E-state index in [2.05, 4.69) is 20.3 Å². The average Bonchev–Trinajstić information content (AvgIpc) is 2.78. The molecule has 1 N–H and O–H groups in total. The van der Waals surface area contributed by atoms with Gasteiger partial charge in [0.15, 0.2) is 0 Å². The van der Waals surface area contributed by atoms with Crippen molar-refractivity contribution in [2.75, 3.05) is 5.32 Å². The van der Waals surface area contributed by atoms with E-state index in [1.807, 2.05) is 42.5 Å². The summed E-state index contributed by atoms with van der Waals surface area (Å²) in [5.74, 6) is 1.72. The molecule has 0 bridgehead atoms. The fourth-order valence-electron chi connectivity index (χ4n) is 2.92. The lowest BCUT2D eigenvalue weighted by atomic mass is 10.00. The minimum absolute atomic E-state index is 0.257. The third kappa shape index (κ3) is 4.76. The Labute approximate surface area is 142 Å². The largest absolute Gasteiger partial charge is 0.324 e. The molecule has 0 spiro atoms. The zero-order valence-electron chi connectivity index (χ0n) is 13.1. The van der Waals surface area contributed by atoms with Crippen LogP contribution >= 0.6 is 11.6 Å². The molecule has 0 unspecified atom stereocenters. The number of halogens is 1. The van der Waals surface area contributed by atoms with Crippen molar-refractivity contribution in [1.82, 2.24) is 15.0 Å². The lowest BCUT2D eigenvalue weighted by Gasteiger charge is -2.14. The Morgan fingerprint density at radius 1 is 0.870 bits per heavy atom. The summed E-state index contributed by atoms with van der Waals surface area (Å²) in [7, 11) is 0. The van der Waals surface area contributed by atoms with Crippen molar-refractivity contribution in [3.05, 3.63) is 59.3 Å². The topological polar surface area (TPSA) is 50.7 Å². The number of aromatic nitrogens is 3. The van der Waals surface area contributed by atoms with E-state index in [0.717, 1.165) is 24.4 Å². The molecule has 1 aromatic rings. The first kappa shape index (κ1) is 15.9. The van der Waals surface area contributed by atoms with Crippen LogP contribution in [-0.2, 0) is 0 Å². The maximum Gasteiger partial charge on any atom is 0.231 e. The molecule has 0 atom stereocenters. The van der Waals surface area contributed by atoms with Crippen molar-refractivity contribution in [3.63, 3.8) is 0 Å². The Morgan fingerprint density at radius 3 is 2.43 bits per heavy atom. The van der Waals surface area contributed by atoms with Crippen LogP contribution in [0.25, 0.3) is 0 Å². The quantitative estimate of drug-likeness (QED) is 0.798. The maximum atomic E-state index is 6.12. The Hall–Kier alpha value is -1.94. The first-order valence-electron chi connectivity index (χ1n) is 8.21. The Bertz CT molecular complexity index is 653. The molecule has 2 aliphatic carbocycles. The predicted octanol–water partition coefficient (Wildman–Crippen LogP) is 4.94. The molecular weight excluding hydrogens is 308 g/mol. The summed E-state index contributed by atoms with van der Waals surface area (Å²) in [6.07, 6.45) is 21.2. The first-order valence-corrected chi connectivity index (χ1v) is 8.59. The zero-order chi connectivity index (χ0) is 15.9. The highest BCUT2D eigenvalue weighted by Crippen LogP contribution is 2.30. The summed E-state index contributed by atoms with van der Waals surface area (Å²) in [6.45, 7) is 0. The van der Waals surface area contributed by atoms with Gasteiger partial charge in [-0.1, -0.05) is 56.1 Å². The van der Waals surface area contributed by atoms with Crippen LogP contribution in [0.3, 0.4) is 0 Å². The van der Waals surface area contributed by atoms with Crippen LogP contribution in [0.5, 0.6) is 0 Å². The van der Waals surface area contributed by atoms with E-state index in [4.69, 9.17) is 11.6 Å². The molecule has 0 radical (unpaired) electrons. The zero-order valence-corrected chi connectivity index (χ0v) is 13.8. The van der Waals surface area contributed by atoms with Gasteiger partial charge in [0.1, 0.15) is 5.82 Å². The van der Waals surface area contributed by atoms with Gasteiger partial charge in [0, 0.05) is 11.6 Å². The predicted molar refractivity (Wildman–Crippen MR) is 94.4 cm³/mol. The van der Waals surface area contributed by atoms with Crippen LogP contribution in [0.15, 0.2) is 48.2 Å². The summed E-state index contributed by atoms with van der Waals surface area (Å²) >= 11 is 6.12. The first-order chi connectivity index (χ1) is 11.3. The molecule has 23 heavy (non-hydrogen) atoms. The fourth-order valence-corrected chi connectivity index (χ4v) is 3.09. The number of anilines is 1. The molecule has 2 aliphatic rings. The number of nitrogens with zero attached hydrogens (tertiary/aromatic N) is 3. The number of hydrogen-bond donors (Lipinski definition) is 1. The second kappa shape index (κ2) is 8.06. The van der Waals surface area contributed by atoms with Crippen molar-refractivity contribution in [2.24, 2.45) is 0 Å². The van der Waals surface area contributed by atoms with Crippen molar-refractivity contribution < 1.29 is 0 Å². The molecule has 1 heterocycles. The van der Waals surface area contributed by atoms with Gasteiger partial charge in [-0.05, 0) is 36.6 Å². The van der Waals surface area contributed by atoms with Gasteiger partial charge < -0.3 is 5.32 Å². The van der Waals surface area contributed by atoms with E-state index in [9.17, 15) is 0 Å². The van der Waals surface area contributed by atoms with Gasteiger partial charge in [0.05, 0.1) is 0 Å². The standard InChI is InChI=1S/C18H21ClN4/c19-17-21-16(14-10-6-4-5-7-11-14)22-18(23-17)20-15-12-8-2-1-3-9-13-15/h1-3,8-9,12-14H,4-7,10-11H2,(H,20,21,22,23)/b2-1-,3-1?,8-2?,9-3-,12-8?,13-9?,15-12?,15-13?. The molecule has 0 amide bonds. The molecule has 5 heteroatoms. The number of allylic oxidation sites excluding steroid dienone is 7. The van der Waals surface area contributed by atoms with Crippen LogP contribution in [0.2, 0.25) is 5.28 Å². The normalized spacial score (nSPS) is 21.7. The van der Waals surface area contributed by atoms with E-state index in [0.29, 0.717) is 11.9 Å². The summed E-state index contributed by atoms with van der Waals surface area (Å²) in [5.41, 5.74) is 0.916. The molecule has 120 valence electrons. The summed E-state index contributed by atoms with van der Waals surface area (Å²) in [6, 6.07) is 0. The lowest BCUT2D eigenvalue weighted by Crippen LogP contribution is -2.10. The van der Waals surface area contributed by atoms with Gasteiger partial charge >= 0.3 is 0 Å². The highest BCUT2D eigenvalue weighted by atomic mass is 35.5. The summed E-state index contributed by atoms with van der Waals surface area (Å²) in [5, 5.41) is 3.48. The fraction of sp³-hybridized carbons (Fsp3) is 0.389. The van der Waals surface area contributed by atoms with Crippen LogP contribution < -0.4 is 5.32 Å². The molecule has 1 fully saturated rings. The highest BCUT2D eigenvalue weighted by molar-refractivity contribution is 6.28. The Kier molecular flexibility index (Phi) is 5.59. The van der Waals surface area contributed by atoms with E-state index in [1.54, 1.807) is 0 Å². The van der Waals surface area contributed by atoms with Gasteiger partial charge in [-0.2, -0.15) is 9.97 Å². The van der Waals surface area contributed by atoms with E-state index >= 15 is 0 Å². The van der Waals surface area contributed by atoms with Gasteiger partial charge in [0.25, 0.3) is 0 Å². The monoisotopic (exact) mass is 328 g/mol. The van der Waals surface area contributed by atoms with Crippen molar-refractivity contribution >= 4 is 17.5 Å². The second-order valence-corrected chi connectivity index (χ2v) is 6.19. The molecule has 0 saturated heterocycles. The summed E-state index contributed by atoms with van der Waals surface area (Å²) < 4.78 is 0. The SMILES string of the molecule is Clc1nc(NC2=C/C=C\C=C/C=C2)nc(C2CCCCCC2)n1. The van der Waals surface area contributed by atoms with Crippen molar-refractivity contribution in [2.45, 2.75) is 44.4 Å². The Balaban J connectivity index is 1.79. The number of hydrogen-bond acceptors (Lipinski definition) is 4. The molecule has 4 nitrogen and oxygen atoms in total. The van der Waals surface area contributed by atoms with Crippen LogP contribution in [-0.4, -0.2) is 15.0 Å². The van der Waals surface area contributed by atoms with Crippen LogP contribution in [0.1, 0.15) is 50.3 Å². The lowest BCUT2D eigenvalue weighted by molar-refractivity contribution is 0.558. The van der Waals surface area contributed by atoms with E-state index < -0.39 is 0 Å². The Morgan fingerprint density at radius 2 is 1.61 bits per heavy atom. The van der Waals surface area contributed by atoms with Gasteiger partial charge in [0.2, 0.25) is 11.2 Å². The average molecular weight is 329 g/mol. The molecule has 0 aliphatic heterocycles. The number of rotatable bonds is 3. The molecule has 1 aromatic heterocycles. The third-order valence-corrected chi connectivity index (χ3v) is 4.27. The van der Waals surface area contributed by atoms with Gasteiger partial charge in [-0.3, -0.25) is 0 Å². The summed E-state index contributed by atoms with van der Waals surface area (Å²) in [4.78, 5) is 13.2. The molecule has 3 rings (SSSR count). The molecular formula is C18H21ClN4. The second-order valence-electron chi connectivity index (χ2n) is 5.85. The van der Waals surface area contributed by atoms with Crippen molar-refractivity contribution in [3.8, 4) is 0 Å². The van der Waals surface area contributed by atoms with E-state index in [-0.39, 0.29) is 5.28 Å². The number of nitrogens with one attached hydrogen (secondary N) is 1. The van der Waals surface area contributed by atoms with Gasteiger partial charge in [-0.15, -0.1) is 0 Å². The maximum absolute atomic E-state index is 6.12. The third-order valence-electron chi connectivity index (χ3n) is 4.10.